The van der Waals surface area contributed by atoms with Gasteiger partial charge in [0.2, 0.25) is 5.95 Å². The molecule has 1 atom stereocenters. The molecule has 1 aromatic carbocycles. The molecule has 5 aliphatic rings. The summed E-state index contributed by atoms with van der Waals surface area (Å²) in [6.45, 7) is 10.0. The molecule has 11 heteroatoms. The fraction of sp³-hybridized carbons (Fsp3) is 0.517. The van der Waals surface area contributed by atoms with Crippen LogP contribution in [-0.4, -0.2) is 108 Å². The van der Waals surface area contributed by atoms with Gasteiger partial charge in [-0.2, -0.15) is 4.98 Å². The van der Waals surface area contributed by atoms with E-state index in [1.165, 1.54) is 25.9 Å². The molecule has 8 rings (SSSR count). The highest BCUT2D eigenvalue weighted by molar-refractivity contribution is 5.76. The molecule has 208 valence electrons. The number of aromatic hydroxyl groups is 1. The van der Waals surface area contributed by atoms with Gasteiger partial charge >= 0.3 is 0 Å². The van der Waals surface area contributed by atoms with Gasteiger partial charge in [-0.25, -0.2) is 4.98 Å². The molecule has 4 fully saturated rings. The summed E-state index contributed by atoms with van der Waals surface area (Å²) in [5.74, 6) is 2.85. The fourth-order valence-electron chi connectivity index (χ4n) is 7.24. The van der Waals surface area contributed by atoms with Crippen LogP contribution < -0.4 is 25.3 Å². The van der Waals surface area contributed by atoms with E-state index in [-0.39, 0.29) is 11.8 Å². The lowest BCUT2D eigenvalue weighted by Crippen LogP contribution is -2.66. The maximum atomic E-state index is 10.3. The van der Waals surface area contributed by atoms with Crippen molar-refractivity contribution in [3.05, 3.63) is 42.6 Å². The first-order valence-electron chi connectivity index (χ1n) is 14.6. The van der Waals surface area contributed by atoms with Crippen LogP contribution >= 0.6 is 0 Å². The van der Waals surface area contributed by atoms with Gasteiger partial charge in [0, 0.05) is 83.2 Å². The number of nitrogens with one attached hydrogen (secondary N) is 2. The molecule has 11 nitrogen and oxygen atoms in total. The highest BCUT2D eigenvalue weighted by atomic mass is 16.3. The van der Waals surface area contributed by atoms with E-state index in [9.17, 15) is 5.11 Å². The second-order valence-electron chi connectivity index (χ2n) is 12.1. The molecule has 0 bridgehead atoms. The van der Waals surface area contributed by atoms with E-state index in [4.69, 9.17) is 4.98 Å². The van der Waals surface area contributed by atoms with Gasteiger partial charge in [-0.3, -0.25) is 4.90 Å². The van der Waals surface area contributed by atoms with Crippen LogP contribution in [0.4, 0.5) is 23.3 Å². The van der Waals surface area contributed by atoms with Crippen LogP contribution in [0.1, 0.15) is 12.8 Å². The second kappa shape index (κ2) is 9.45. The Bertz CT molecular complexity index is 1400. The molecular formula is C29H36N10O. The maximum Gasteiger partial charge on any atom is 0.227 e. The highest BCUT2D eigenvalue weighted by Crippen LogP contribution is 2.46. The third-order valence-electron chi connectivity index (χ3n) is 9.65. The van der Waals surface area contributed by atoms with Crippen molar-refractivity contribution >= 4 is 23.3 Å². The number of para-hydroxylation sites is 1. The minimum absolute atomic E-state index is 0.211. The van der Waals surface area contributed by atoms with Crippen LogP contribution in [-0.2, 0) is 0 Å². The molecule has 0 unspecified atom stereocenters. The SMILES string of the molecule is Oc1ccccc1-c1cc2c(nn1)NC[C@H]1CN(c3nccc(N4CCN(C5CC6(CNC6)C5)CC4)n3)CCN21. The largest absolute Gasteiger partial charge is 0.507 e. The number of rotatable bonds is 4. The van der Waals surface area contributed by atoms with E-state index in [1.54, 1.807) is 6.07 Å². The number of nitrogens with zero attached hydrogens (tertiary/aromatic N) is 8. The lowest BCUT2D eigenvalue weighted by Gasteiger charge is -2.58. The number of phenols is 1. The minimum atomic E-state index is 0.211. The Hall–Kier alpha value is -3.70. The average Bonchev–Trinajstić information content (AvgIpc) is 2.96. The first-order chi connectivity index (χ1) is 19.6. The number of hydrogen-bond acceptors (Lipinski definition) is 11. The Kier molecular flexibility index (Phi) is 5.70. The molecule has 1 spiro atoms. The monoisotopic (exact) mass is 540 g/mol. The third kappa shape index (κ3) is 4.10. The third-order valence-corrected chi connectivity index (χ3v) is 9.65. The fourth-order valence-corrected chi connectivity index (χ4v) is 7.24. The van der Waals surface area contributed by atoms with E-state index in [1.807, 2.05) is 30.5 Å². The zero-order valence-corrected chi connectivity index (χ0v) is 22.7. The topological polar surface area (TPSA) is 109 Å². The van der Waals surface area contributed by atoms with E-state index in [0.717, 1.165) is 81.7 Å². The molecule has 3 aromatic rings. The zero-order chi connectivity index (χ0) is 26.7. The predicted octanol–water partition coefficient (Wildman–Crippen LogP) is 1.63. The standard InChI is InChI=1S/C29H36N10O/c40-25-4-2-1-3-22(25)23-13-24-27(35-34-23)32-16-21-17-38(11-12-39(21)24)28-31-6-5-26(33-28)37-9-7-36(8-10-37)20-14-29(15-20)18-30-19-29/h1-6,13,20-21,30,40H,7-12,14-19H2,(H,32,35)/t21-/m0/s1. The maximum absolute atomic E-state index is 10.3. The number of piperazine rings is 2. The molecule has 40 heavy (non-hydrogen) atoms. The summed E-state index contributed by atoms with van der Waals surface area (Å²) in [6.07, 6.45) is 4.65. The minimum Gasteiger partial charge on any atom is -0.507 e. The Morgan fingerprint density at radius 2 is 1.73 bits per heavy atom. The summed E-state index contributed by atoms with van der Waals surface area (Å²) in [5, 5.41) is 26.1. The Morgan fingerprint density at radius 1 is 0.900 bits per heavy atom. The van der Waals surface area contributed by atoms with Crippen LogP contribution in [0.2, 0.25) is 0 Å². The summed E-state index contributed by atoms with van der Waals surface area (Å²) in [5.41, 5.74) is 3.03. The van der Waals surface area contributed by atoms with Crippen molar-refractivity contribution in [2.24, 2.45) is 5.41 Å². The van der Waals surface area contributed by atoms with Crippen molar-refractivity contribution in [2.45, 2.75) is 24.9 Å². The average molecular weight is 541 g/mol. The zero-order valence-electron chi connectivity index (χ0n) is 22.7. The van der Waals surface area contributed by atoms with Crippen LogP contribution in [0.25, 0.3) is 11.3 Å². The molecule has 0 radical (unpaired) electrons. The van der Waals surface area contributed by atoms with E-state index in [2.05, 4.69) is 51.5 Å². The van der Waals surface area contributed by atoms with Gasteiger partial charge in [0.1, 0.15) is 11.6 Å². The molecule has 3 saturated heterocycles. The van der Waals surface area contributed by atoms with Gasteiger partial charge in [0.05, 0.1) is 17.4 Å². The van der Waals surface area contributed by atoms with Crippen LogP contribution in [0, 0.1) is 5.41 Å². The molecule has 4 aliphatic heterocycles. The van der Waals surface area contributed by atoms with E-state index >= 15 is 0 Å². The van der Waals surface area contributed by atoms with E-state index in [0.29, 0.717) is 16.7 Å². The lowest BCUT2D eigenvalue weighted by molar-refractivity contribution is -0.0373. The van der Waals surface area contributed by atoms with E-state index < -0.39 is 0 Å². The quantitative estimate of drug-likeness (QED) is 0.449. The second-order valence-corrected chi connectivity index (χ2v) is 12.1. The first-order valence-corrected chi connectivity index (χ1v) is 14.6. The Morgan fingerprint density at radius 3 is 2.52 bits per heavy atom. The van der Waals surface area contributed by atoms with Crippen molar-refractivity contribution in [3.63, 3.8) is 0 Å². The summed E-state index contributed by atoms with van der Waals surface area (Å²) >= 11 is 0. The summed E-state index contributed by atoms with van der Waals surface area (Å²) in [7, 11) is 0. The van der Waals surface area contributed by atoms with Crippen molar-refractivity contribution in [1.29, 1.82) is 0 Å². The van der Waals surface area contributed by atoms with Crippen molar-refractivity contribution in [1.82, 2.24) is 30.4 Å². The van der Waals surface area contributed by atoms with Crippen molar-refractivity contribution in [2.75, 3.05) is 85.5 Å². The number of fused-ring (bicyclic) bond motifs is 3. The van der Waals surface area contributed by atoms with Gasteiger partial charge in [-0.05, 0) is 42.5 Å². The molecule has 2 aromatic heterocycles. The van der Waals surface area contributed by atoms with Crippen molar-refractivity contribution in [3.8, 4) is 17.0 Å². The van der Waals surface area contributed by atoms with Crippen LogP contribution in [0.15, 0.2) is 42.6 Å². The van der Waals surface area contributed by atoms with Gasteiger partial charge in [-0.15, -0.1) is 10.2 Å². The molecule has 6 heterocycles. The first kappa shape index (κ1) is 24.1. The highest BCUT2D eigenvalue weighted by Gasteiger charge is 2.50. The summed E-state index contributed by atoms with van der Waals surface area (Å²) in [6, 6.07) is 12.4. The molecule has 1 saturated carbocycles. The molecular weight excluding hydrogens is 504 g/mol. The predicted molar refractivity (Wildman–Crippen MR) is 155 cm³/mol. The van der Waals surface area contributed by atoms with Crippen LogP contribution in [0.3, 0.4) is 0 Å². The number of hydrogen-bond donors (Lipinski definition) is 3. The number of phenolic OH excluding ortho intramolecular Hbond substituents is 1. The number of benzene rings is 1. The van der Waals surface area contributed by atoms with Gasteiger partial charge in [0.15, 0.2) is 5.82 Å². The summed E-state index contributed by atoms with van der Waals surface area (Å²) in [4.78, 5) is 19.6. The van der Waals surface area contributed by atoms with Crippen LogP contribution in [0.5, 0.6) is 5.75 Å². The molecule has 1 aliphatic carbocycles. The Labute approximate surface area is 234 Å². The van der Waals surface area contributed by atoms with Crippen molar-refractivity contribution < 1.29 is 5.11 Å². The Balaban J connectivity index is 0.932. The number of anilines is 4. The van der Waals surface area contributed by atoms with Gasteiger partial charge < -0.3 is 30.4 Å². The normalized spacial score (nSPS) is 24.1. The summed E-state index contributed by atoms with van der Waals surface area (Å²) < 4.78 is 0. The van der Waals surface area contributed by atoms with Gasteiger partial charge in [-0.1, -0.05) is 12.1 Å². The lowest BCUT2D eigenvalue weighted by atomic mass is 9.61. The smallest absolute Gasteiger partial charge is 0.227 e. The van der Waals surface area contributed by atoms with Gasteiger partial charge in [0.25, 0.3) is 0 Å². The number of aromatic nitrogens is 4. The molecule has 3 N–H and O–H groups in total. The molecule has 0 amide bonds.